The predicted molar refractivity (Wildman–Crippen MR) is 116 cm³/mol. The van der Waals surface area contributed by atoms with Gasteiger partial charge in [0.25, 0.3) is 17.7 Å². The molecular weight excluding hydrogens is 418 g/mol. The van der Waals surface area contributed by atoms with Gasteiger partial charge in [-0.05, 0) is 44.2 Å². The maximum absolute atomic E-state index is 14.7. The summed E-state index contributed by atoms with van der Waals surface area (Å²) in [6.45, 7) is 3.59. The number of hydrogen-bond acceptors (Lipinski definition) is 5. The van der Waals surface area contributed by atoms with Crippen molar-refractivity contribution in [3.05, 3.63) is 76.9 Å². The second-order valence-corrected chi connectivity index (χ2v) is 6.97. The van der Waals surface area contributed by atoms with Crippen LogP contribution >= 0.6 is 0 Å². The van der Waals surface area contributed by atoms with Crippen LogP contribution in [0.5, 0.6) is 23.3 Å². The summed E-state index contributed by atoms with van der Waals surface area (Å²) in [6, 6.07) is 12.3. The summed E-state index contributed by atoms with van der Waals surface area (Å²) in [5, 5.41) is 7.50. The molecule has 1 amide bonds. The number of halogens is 2. The molecule has 1 aromatic heterocycles. The summed E-state index contributed by atoms with van der Waals surface area (Å²) in [5.41, 5.74) is 5.84. The molecule has 0 spiro atoms. The number of nitrogen functional groups attached to an aromatic ring is 1. The summed E-state index contributed by atoms with van der Waals surface area (Å²) in [7, 11) is 1.66. The number of pyridine rings is 1. The first kappa shape index (κ1) is 22.7. The van der Waals surface area contributed by atoms with E-state index in [4.69, 9.17) is 20.6 Å². The first-order valence-electron chi connectivity index (χ1n) is 9.72. The highest BCUT2D eigenvalue weighted by Gasteiger charge is 2.21. The average molecular weight is 440 g/mol. The smallest absolute Gasteiger partial charge is 0.259 e. The number of nitrogens with one attached hydrogen (secondary N) is 1. The van der Waals surface area contributed by atoms with Gasteiger partial charge in [-0.3, -0.25) is 10.2 Å². The summed E-state index contributed by atoms with van der Waals surface area (Å²) in [5.74, 6) is -3.08. The number of hydrogen-bond donors (Lipinski definition) is 2. The van der Waals surface area contributed by atoms with Crippen LogP contribution in [0.2, 0.25) is 0 Å². The van der Waals surface area contributed by atoms with Gasteiger partial charge < -0.3 is 20.1 Å². The zero-order chi connectivity index (χ0) is 23.4. The van der Waals surface area contributed by atoms with Gasteiger partial charge in [0.2, 0.25) is 0 Å². The molecule has 0 fully saturated rings. The fourth-order valence-corrected chi connectivity index (χ4v) is 2.75. The van der Waals surface area contributed by atoms with E-state index in [1.807, 2.05) is 6.92 Å². The number of carbonyl (C=O) groups excluding carboxylic acids is 1. The van der Waals surface area contributed by atoms with E-state index in [2.05, 4.69) is 4.98 Å². The molecule has 0 unspecified atom stereocenters. The molecule has 1 heterocycles. The van der Waals surface area contributed by atoms with Gasteiger partial charge in [0.05, 0.1) is 0 Å². The Morgan fingerprint density at radius 2 is 1.53 bits per heavy atom. The number of amidine groups is 1. The van der Waals surface area contributed by atoms with Crippen LogP contribution in [0.15, 0.2) is 48.5 Å². The third-order valence-electron chi connectivity index (χ3n) is 4.71. The zero-order valence-electron chi connectivity index (χ0n) is 17.8. The van der Waals surface area contributed by atoms with Crippen molar-refractivity contribution in [2.45, 2.75) is 13.8 Å². The monoisotopic (exact) mass is 440 g/mol. The van der Waals surface area contributed by atoms with E-state index >= 15 is 0 Å². The molecule has 9 heteroatoms. The van der Waals surface area contributed by atoms with Crippen LogP contribution in [0.3, 0.4) is 0 Å². The average Bonchev–Trinajstić information content (AvgIpc) is 2.80. The second-order valence-electron chi connectivity index (χ2n) is 6.97. The normalized spacial score (nSPS) is 10.5. The Balaban J connectivity index is 1.93. The highest BCUT2D eigenvalue weighted by Crippen LogP contribution is 2.33. The van der Waals surface area contributed by atoms with Crippen molar-refractivity contribution in [1.82, 2.24) is 9.88 Å². The van der Waals surface area contributed by atoms with E-state index in [1.54, 1.807) is 31.3 Å². The molecule has 2 aromatic carbocycles. The topological polar surface area (TPSA) is 102 Å². The SMILES string of the molecule is CCN(C)C(=O)c1cccc(Oc2nc(Oc3cccc(C(=N)N)c3)c(F)c(C)c2F)c1. The van der Waals surface area contributed by atoms with Crippen molar-refractivity contribution in [3.63, 3.8) is 0 Å². The number of amides is 1. The van der Waals surface area contributed by atoms with Crippen LogP contribution in [0, 0.1) is 24.0 Å². The maximum Gasteiger partial charge on any atom is 0.259 e. The van der Waals surface area contributed by atoms with Gasteiger partial charge >= 0.3 is 0 Å². The Hall–Kier alpha value is -4.01. The molecule has 0 aliphatic carbocycles. The first-order chi connectivity index (χ1) is 15.2. The highest BCUT2D eigenvalue weighted by molar-refractivity contribution is 5.95. The number of nitrogens with zero attached hydrogens (tertiary/aromatic N) is 2. The van der Waals surface area contributed by atoms with Crippen LogP contribution in [0.25, 0.3) is 0 Å². The van der Waals surface area contributed by atoms with Crippen molar-refractivity contribution < 1.29 is 23.0 Å². The summed E-state index contributed by atoms with van der Waals surface area (Å²) < 4.78 is 40.3. The standard InChI is InChI=1S/C23H22F2N4O3/c1-4-29(3)23(30)15-8-6-10-17(12-15)32-22-19(25)13(2)18(24)21(28-22)31-16-9-5-7-14(11-16)20(26)27/h5-12H,4H2,1-3H3,(H3,26,27). The number of benzene rings is 2. The number of aromatic nitrogens is 1. The highest BCUT2D eigenvalue weighted by atomic mass is 19.1. The molecule has 0 saturated heterocycles. The molecule has 0 saturated carbocycles. The fourth-order valence-electron chi connectivity index (χ4n) is 2.75. The van der Waals surface area contributed by atoms with Crippen molar-refractivity contribution in [2.24, 2.45) is 5.73 Å². The molecule has 3 rings (SSSR count). The Bertz CT molecular complexity index is 1180. The molecule has 32 heavy (non-hydrogen) atoms. The molecule has 166 valence electrons. The fraction of sp³-hybridized carbons (Fsp3) is 0.174. The predicted octanol–water partition coefficient (Wildman–Crippen LogP) is 4.63. The van der Waals surface area contributed by atoms with E-state index < -0.39 is 23.4 Å². The minimum absolute atomic E-state index is 0.155. The third kappa shape index (κ3) is 4.83. The maximum atomic E-state index is 14.7. The summed E-state index contributed by atoms with van der Waals surface area (Å²) >= 11 is 0. The molecule has 0 radical (unpaired) electrons. The molecule has 3 N–H and O–H groups in total. The van der Waals surface area contributed by atoms with Crippen molar-refractivity contribution in [1.29, 1.82) is 5.41 Å². The number of rotatable bonds is 7. The van der Waals surface area contributed by atoms with Crippen LogP contribution in [-0.4, -0.2) is 35.2 Å². The quantitative estimate of drug-likeness (QED) is 0.412. The van der Waals surface area contributed by atoms with Gasteiger partial charge in [0.15, 0.2) is 11.6 Å². The van der Waals surface area contributed by atoms with E-state index in [9.17, 15) is 13.6 Å². The van der Waals surface area contributed by atoms with Gasteiger partial charge in [-0.2, -0.15) is 4.98 Å². The van der Waals surface area contributed by atoms with E-state index in [0.29, 0.717) is 17.7 Å². The zero-order valence-corrected chi connectivity index (χ0v) is 17.8. The second kappa shape index (κ2) is 9.42. The van der Waals surface area contributed by atoms with E-state index in [1.165, 1.54) is 36.1 Å². The minimum atomic E-state index is -0.991. The lowest BCUT2D eigenvalue weighted by molar-refractivity contribution is 0.0802. The minimum Gasteiger partial charge on any atom is -0.436 e. The van der Waals surface area contributed by atoms with Gasteiger partial charge in [0, 0.05) is 30.3 Å². The van der Waals surface area contributed by atoms with Gasteiger partial charge in [-0.15, -0.1) is 0 Å². The molecule has 0 atom stereocenters. The van der Waals surface area contributed by atoms with Gasteiger partial charge in [-0.25, -0.2) is 8.78 Å². The number of ether oxygens (including phenoxy) is 2. The summed E-state index contributed by atoms with van der Waals surface area (Å²) in [4.78, 5) is 17.7. The van der Waals surface area contributed by atoms with Crippen LogP contribution in [0.4, 0.5) is 8.78 Å². The van der Waals surface area contributed by atoms with Crippen molar-refractivity contribution in [2.75, 3.05) is 13.6 Å². The lowest BCUT2D eigenvalue weighted by atomic mass is 10.2. The van der Waals surface area contributed by atoms with Crippen LogP contribution in [-0.2, 0) is 0 Å². The lowest BCUT2D eigenvalue weighted by Crippen LogP contribution is -2.26. The number of carbonyl (C=O) groups is 1. The van der Waals surface area contributed by atoms with Crippen LogP contribution < -0.4 is 15.2 Å². The third-order valence-corrected chi connectivity index (χ3v) is 4.71. The molecule has 0 aliphatic rings. The van der Waals surface area contributed by atoms with E-state index in [0.717, 1.165) is 0 Å². The Kier molecular flexibility index (Phi) is 6.67. The molecule has 7 nitrogen and oxygen atoms in total. The summed E-state index contributed by atoms with van der Waals surface area (Å²) in [6.07, 6.45) is 0. The van der Waals surface area contributed by atoms with Crippen LogP contribution in [0.1, 0.15) is 28.4 Å². The van der Waals surface area contributed by atoms with Crippen molar-refractivity contribution >= 4 is 11.7 Å². The van der Waals surface area contributed by atoms with Gasteiger partial charge in [0.1, 0.15) is 17.3 Å². The molecule has 0 aliphatic heterocycles. The lowest BCUT2D eigenvalue weighted by Gasteiger charge is -2.15. The Labute approximate surface area is 183 Å². The Morgan fingerprint density at radius 1 is 1.03 bits per heavy atom. The first-order valence-corrected chi connectivity index (χ1v) is 9.72. The number of nitrogens with two attached hydrogens (primary N) is 1. The largest absolute Gasteiger partial charge is 0.436 e. The Morgan fingerprint density at radius 3 is 2.03 bits per heavy atom. The molecule has 0 bridgehead atoms. The van der Waals surface area contributed by atoms with Crippen molar-refractivity contribution in [3.8, 4) is 23.3 Å². The van der Waals surface area contributed by atoms with Gasteiger partial charge in [-0.1, -0.05) is 18.2 Å². The molecule has 3 aromatic rings. The van der Waals surface area contributed by atoms with E-state index in [-0.39, 0.29) is 28.8 Å². The molecular formula is C23H22F2N4O3.